The standard InChI is InChI=1S/C12H20N4/c1-3-4-5-6-10-8(2)7-9(11(13)14)12(15)16-10/h7H,3-6H2,1-2H3,(H3,13,14)(H2,15,16). The van der Waals surface area contributed by atoms with Gasteiger partial charge in [-0.2, -0.15) is 0 Å². The maximum absolute atomic E-state index is 7.37. The number of aromatic nitrogens is 1. The van der Waals surface area contributed by atoms with Crippen LogP contribution in [0.3, 0.4) is 0 Å². The average Bonchev–Trinajstić information content (AvgIpc) is 2.22. The number of nitrogens with one attached hydrogen (secondary N) is 1. The molecule has 0 amide bonds. The van der Waals surface area contributed by atoms with Crippen LogP contribution in [0.4, 0.5) is 5.82 Å². The summed E-state index contributed by atoms with van der Waals surface area (Å²) in [4.78, 5) is 4.32. The number of hydrogen-bond donors (Lipinski definition) is 3. The molecule has 16 heavy (non-hydrogen) atoms. The van der Waals surface area contributed by atoms with Crippen molar-refractivity contribution in [3.8, 4) is 0 Å². The third kappa shape index (κ3) is 2.95. The van der Waals surface area contributed by atoms with Crippen LogP contribution in [0.2, 0.25) is 0 Å². The summed E-state index contributed by atoms with van der Waals surface area (Å²) in [6.07, 6.45) is 4.47. The summed E-state index contributed by atoms with van der Waals surface area (Å²) in [6, 6.07) is 1.85. The van der Waals surface area contributed by atoms with E-state index in [0.29, 0.717) is 11.4 Å². The second-order valence-electron chi connectivity index (χ2n) is 4.06. The number of nitrogen functional groups attached to an aromatic ring is 2. The van der Waals surface area contributed by atoms with Crippen LogP contribution in [-0.2, 0) is 6.42 Å². The van der Waals surface area contributed by atoms with Crippen LogP contribution in [0.1, 0.15) is 43.0 Å². The van der Waals surface area contributed by atoms with E-state index in [1.54, 1.807) is 0 Å². The fraction of sp³-hybridized carbons (Fsp3) is 0.500. The number of nitrogens with zero attached hydrogens (tertiary/aromatic N) is 1. The van der Waals surface area contributed by atoms with E-state index in [9.17, 15) is 0 Å². The first-order chi connectivity index (χ1) is 7.56. The molecule has 0 saturated heterocycles. The van der Waals surface area contributed by atoms with E-state index >= 15 is 0 Å². The molecule has 1 heterocycles. The van der Waals surface area contributed by atoms with E-state index in [2.05, 4.69) is 11.9 Å². The molecule has 0 aliphatic heterocycles. The highest BCUT2D eigenvalue weighted by atomic mass is 14.9. The van der Waals surface area contributed by atoms with Crippen molar-refractivity contribution in [2.75, 3.05) is 5.73 Å². The van der Waals surface area contributed by atoms with Crippen LogP contribution < -0.4 is 11.5 Å². The fourth-order valence-corrected chi connectivity index (χ4v) is 1.68. The maximum Gasteiger partial charge on any atom is 0.134 e. The highest BCUT2D eigenvalue weighted by Gasteiger charge is 2.08. The van der Waals surface area contributed by atoms with Gasteiger partial charge in [0.15, 0.2) is 0 Å². The lowest BCUT2D eigenvalue weighted by molar-refractivity contribution is 0.705. The molecular formula is C12H20N4. The Hall–Kier alpha value is -1.58. The minimum atomic E-state index is -0.0202. The molecule has 0 fully saturated rings. The lowest BCUT2D eigenvalue weighted by Crippen LogP contribution is -2.16. The fourth-order valence-electron chi connectivity index (χ4n) is 1.68. The Morgan fingerprint density at radius 2 is 2.12 bits per heavy atom. The van der Waals surface area contributed by atoms with Crippen molar-refractivity contribution in [2.45, 2.75) is 39.5 Å². The van der Waals surface area contributed by atoms with Gasteiger partial charge in [0.2, 0.25) is 0 Å². The molecule has 0 unspecified atom stereocenters. The molecule has 0 atom stereocenters. The van der Waals surface area contributed by atoms with Crippen molar-refractivity contribution in [1.82, 2.24) is 4.98 Å². The Labute approximate surface area is 96.6 Å². The topological polar surface area (TPSA) is 88.8 Å². The summed E-state index contributed by atoms with van der Waals surface area (Å²) >= 11 is 0. The van der Waals surface area contributed by atoms with Crippen molar-refractivity contribution in [3.05, 3.63) is 22.9 Å². The van der Waals surface area contributed by atoms with Gasteiger partial charge in [0.05, 0.1) is 5.56 Å². The van der Waals surface area contributed by atoms with E-state index in [-0.39, 0.29) is 5.84 Å². The van der Waals surface area contributed by atoms with E-state index in [4.69, 9.17) is 16.9 Å². The van der Waals surface area contributed by atoms with Gasteiger partial charge >= 0.3 is 0 Å². The summed E-state index contributed by atoms with van der Waals surface area (Å²) in [5.74, 6) is 0.345. The van der Waals surface area contributed by atoms with Gasteiger partial charge in [-0.1, -0.05) is 19.8 Å². The normalized spacial score (nSPS) is 10.4. The summed E-state index contributed by atoms with van der Waals surface area (Å²) in [5, 5.41) is 7.37. The number of nitrogens with two attached hydrogens (primary N) is 2. The van der Waals surface area contributed by atoms with Crippen LogP contribution >= 0.6 is 0 Å². The summed E-state index contributed by atoms with van der Waals surface area (Å²) in [5.41, 5.74) is 13.8. The van der Waals surface area contributed by atoms with Crippen LogP contribution in [0.25, 0.3) is 0 Å². The van der Waals surface area contributed by atoms with Gasteiger partial charge in [-0.15, -0.1) is 0 Å². The second kappa shape index (κ2) is 5.49. The van der Waals surface area contributed by atoms with Gasteiger partial charge < -0.3 is 11.5 Å². The van der Waals surface area contributed by atoms with Crippen molar-refractivity contribution in [2.24, 2.45) is 5.73 Å². The SMILES string of the molecule is CCCCCc1nc(N)c(C(=N)N)cc1C. The number of anilines is 1. The second-order valence-corrected chi connectivity index (χ2v) is 4.06. The molecule has 0 spiro atoms. The van der Waals surface area contributed by atoms with E-state index in [1.807, 2.05) is 13.0 Å². The van der Waals surface area contributed by atoms with Crippen LogP contribution in [0.15, 0.2) is 6.07 Å². The molecule has 1 aromatic rings. The summed E-state index contributed by atoms with van der Waals surface area (Å²) in [6.45, 7) is 4.16. The molecule has 1 aromatic heterocycles. The lowest BCUT2D eigenvalue weighted by Gasteiger charge is -2.09. The van der Waals surface area contributed by atoms with Crippen molar-refractivity contribution < 1.29 is 0 Å². The minimum absolute atomic E-state index is 0.0202. The molecule has 0 bridgehead atoms. The number of aryl methyl sites for hydroxylation is 2. The van der Waals surface area contributed by atoms with Gasteiger partial charge in [-0.05, 0) is 31.4 Å². The number of hydrogen-bond acceptors (Lipinski definition) is 3. The number of pyridine rings is 1. The van der Waals surface area contributed by atoms with Crippen LogP contribution in [0, 0.1) is 12.3 Å². The smallest absolute Gasteiger partial charge is 0.134 e. The zero-order valence-electron chi connectivity index (χ0n) is 10.0. The van der Waals surface area contributed by atoms with E-state index < -0.39 is 0 Å². The van der Waals surface area contributed by atoms with E-state index in [1.165, 1.54) is 12.8 Å². The van der Waals surface area contributed by atoms with Crippen molar-refractivity contribution >= 4 is 11.7 Å². The third-order valence-corrected chi connectivity index (χ3v) is 2.65. The molecule has 5 N–H and O–H groups in total. The molecule has 4 heteroatoms. The largest absolute Gasteiger partial charge is 0.384 e. The Kier molecular flexibility index (Phi) is 4.28. The maximum atomic E-state index is 7.37. The minimum Gasteiger partial charge on any atom is -0.384 e. The Balaban J connectivity index is 2.88. The first-order valence-corrected chi connectivity index (χ1v) is 5.66. The monoisotopic (exact) mass is 220 g/mol. The Morgan fingerprint density at radius 1 is 1.44 bits per heavy atom. The van der Waals surface area contributed by atoms with Crippen LogP contribution in [0.5, 0.6) is 0 Å². The number of unbranched alkanes of at least 4 members (excludes halogenated alkanes) is 2. The third-order valence-electron chi connectivity index (χ3n) is 2.65. The van der Waals surface area contributed by atoms with Gasteiger partial charge in [-0.25, -0.2) is 4.98 Å². The molecule has 4 nitrogen and oxygen atoms in total. The molecule has 1 rings (SSSR count). The molecule has 0 aliphatic carbocycles. The Morgan fingerprint density at radius 3 is 2.69 bits per heavy atom. The van der Waals surface area contributed by atoms with Gasteiger partial charge in [0.1, 0.15) is 11.7 Å². The van der Waals surface area contributed by atoms with Crippen molar-refractivity contribution in [1.29, 1.82) is 5.41 Å². The highest BCUT2D eigenvalue weighted by molar-refractivity contribution is 5.99. The highest BCUT2D eigenvalue weighted by Crippen LogP contribution is 2.16. The molecule has 0 radical (unpaired) electrons. The van der Waals surface area contributed by atoms with Gasteiger partial charge in [-0.3, -0.25) is 5.41 Å². The summed E-state index contributed by atoms with van der Waals surface area (Å²) in [7, 11) is 0. The average molecular weight is 220 g/mol. The molecule has 0 aliphatic rings. The Bertz CT molecular complexity index is 385. The number of amidine groups is 1. The molecule has 88 valence electrons. The number of rotatable bonds is 5. The molecule has 0 aromatic carbocycles. The zero-order valence-corrected chi connectivity index (χ0v) is 10.0. The predicted molar refractivity (Wildman–Crippen MR) is 67.6 cm³/mol. The summed E-state index contributed by atoms with van der Waals surface area (Å²) < 4.78 is 0. The quantitative estimate of drug-likeness (QED) is 0.403. The van der Waals surface area contributed by atoms with E-state index in [0.717, 1.165) is 24.1 Å². The first kappa shape index (κ1) is 12.5. The first-order valence-electron chi connectivity index (χ1n) is 5.66. The zero-order chi connectivity index (χ0) is 12.1. The predicted octanol–water partition coefficient (Wildman–Crippen LogP) is 1.99. The van der Waals surface area contributed by atoms with Gasteiger partial charge in [0, 0.05) is 5.69 Å². The lowest BCUT2D eigenvalue weighted by atomic mass is 10.1. The molecular weight excluding hydrogens is 200 g/mol. The van der Waals surface area contributed by atoms with Crippen molar-refractivity contribution in [3.63, 3.8) is 0 Å². The van der Waals surface area contributed by atoms with Crippen LogP contribution in [-0.4, -0.2) is 10.8 Å². The van der Waals surface area contributed by atoms with Gasteiger partial charge in [0.25, 0.3) is 0 Å². The molecule has 0 saturated carbocycles.